The summed E-state index contributed by atoms with van der Waals surface area (Å²) in [6, 6.07) is 48.6. The third kappa shape index (κ3) is 5.39. The van der Waals surface area contributed by atoms with E-state index in [1.165, 1.54) is 0 Å². The molecule has 5 aromatic carbocycles. The highest BCUT2D eigenvalue weighted by atomic mass is 15.0. The van der Waals surface area contributed by atoms with Crippen molar-refractivity contribution in [3.05, 3.63) is 151 Å². The quantitative estimate of drug-likeness (QED) is 0.199. The van der Waals surface area contributed by atoms with E-state index in [0.29, 0.717) is 17.5 Å². The Morgan fingerprint density at radius 3 is 1.22 bits per heavy atom. The van der Waals surface area contributed by atoms with Crippen molar-refractivity contribution in [3.63, 3.8) is 0 Å². The molecule has 3 heterocycles. The first-order valence-corrected chi connectivity index (χ1v) is 15.3. The molecule has 218 valence electrons. The van der Waals surface area contributed by atoms with Gasteiger partial charge in [0.2, 0.25) is 0 Å². The Morgan fingerprint density at radius 2 is 0.739 bits per heavy atom. The highest BCUT2D eigenvalue weighted by molar-refractivity contribution is 5.84. The average Bonchev–Trinajstić information content (AvgIpc) is 3.11. The number of pyridine rings is 2. The van der Waals surface area contributed by atoms with E-state index in [-0.39, 0.29) is 0 Å². The van der Waals surface area contributed by atoms with E-state index in [2.05, 4.69) is 120 Å². The fraction of sp³-hybridized carbons (Fsp3) is 0.0488. The number of rotatable bonds is 5. The van der Waals surface area contributed by atoms with Crippen LogP contribution >= 0.6 is 0 Å². The number of nitrogens with zero attached hydrogens (tertiary/aromatic N) is 5. The zero-order valence-corrected chi connectivity index (χ0v) is 25.5. The molecule has 3 aromatic heterocycles. The van der Waals surface area contributed by atoms with Gasteiger partial charge < -0.3 is 0 Å². The third-order valence-corrected chi connectivity index (χ3v) is 8.28. The smallest absolute Gasteiger partial charge is 0.163 e. The molecule has 0 amide bonds. The van der Waals surface area contributed by atoms with Crippen LogP contribution in [0.2, 0.25) is 0 Å². The molecule has 0 saturated heterocycles. The van der Waals surface area contributed by atoms with Crippen LogP contribution in [0.5, 0.6) is 0 Å². The molecule has 8 rings (SSSR count). The highest BCUT2D eigenvalue weighted by Gasteiger charge is 2.12. The largest absolute Gasteiger partial charge is 0.248 e. The molecule has 5 heteroatoms. The van der Waals surface area contributed by atoms with Crippen molar-refractivity contribution < 1.29 is 0 Å². The van der Waals surface area contributed by atoms with E-state index >= 15 is 0 Å². The number of aryl methyl sites for hydroxylation is 2. The summed E-state index contributed by atoms with van der Waals surface area (Å²) in [5.74, 6) is 2.07. The van der Waals surface area contributed by atoms with Gasteiger partial charge in [0.25, 0.3) is 0 Å². The van der Waals surface area contributed by atoms with Crippen molar-refractivity contribution in [2.45, 2.75) is 13.8 Å². The van der Waals surface area contributed by atoms with Crippen molar-refractivity contribution in [3.8, 4) is 56.2 Å². The Kier molecular flexibility index (Phi) is 6.84. The standard InChI is InChI=1S/C41H29N5/c1-26-42-27(2)44-41(43-26)36-24-34(28-11-15-32(16-12-28)39-21-19-30-7-3-5-9-37(30)45-39)23-35(25-36)29-13-17-33(18-14-29)40-22-20-31-8-4-6-10-38(31)46-40/h3-25H,1-2H3. The number of benzene rings is 5. The number of hydrogen-bond donors (Lipinski definition) is 0. The van der Waals surface area contributed by atoms with Gasteiger partial charge in [-0.2, -0.15) is 0 Å². The molecule has 0 unspecified atom stereocenters. The van der Waals surface area contributed by atoms with Crippen LogP contribution in [-0.4, -0.2) is 24.9 Å². The summed E-state index contributed by atoms with van der Waals surface area (Å²) in [4.78, 5) is 23.6. The van der Waals surface area contributed by atoms with Gasteiger partial charge in [-0.1, -0.05) is 97.1 Å². The SMILES string of the molecule is Cc1nc(C)nc(-c2cc(-c3ccc(-c4ccc5ccccc5n4)cc3)cc(-c3ccc(-c4ccc5ccccc5n4)cc3)c2)n1. The number of hydrogen-bond acceptors (Lipinski definition) is 5. The van der Waals surface area contributed by atoms with E-state index in [1.54, 1.807) is 0 Å². The Hall–Kier alpha value is -6.07. The number of para-hydroxylation sites is 2. The second kappa shape index (κ2) is 11.5. The normalized spacial score (nSPS) is 11.3. The zero-order valence-electron chi connectivity index (χ0n) is 25.5. The molecule has 0 spiro atoms. The van der Waals surface area contributed by atoms with Crippen molar-refractivity contribution in [2.75, 3.05) is 0 Å². The van der Waals surface area contributed by atoms with Crippen LogP contribution in [0.3, 0.4) is 0 Å². The van der Waals surface area contributed by atoms with Gasteiger partial charge in [-0.25, -0.2) is 24.9 Å². The van der Waals surface area contributed by atoms with Gasteiger partial charge in [0.05, 0.1) is 22.4 Å². The highest BCUT2D eigenvalue weighted by Crippen LogP contribution is 2.34. The van der Waals surface area contributed by atoms with E-state index in [4.69, 9.17) is 19.9 Å². The molecule has 0 bridgehead atoms. The molecule has 0 atom stereocenters. The summed E-state index contributed by atoms with van der Waals surface area (Å²) >= 11 is 0. The third-order valence-electron chi connectivity index (χ3n) is 8.28. The van der Waals surface area contributed by atoms with Crippen molar-refractivity contribution in [1.29, 1.82) is 0 Å². The topological polar surface area (TPSA) is 64.5 Å². The predicted molar refractivity (Wildman–Crippen MR) is 187 cm³/mol. The van der Waals surface area contributed by atoms with Gasteiger partial charge in [-0.15, -0.1) is 0 Å². The summed E-state index contributed by atoms with van der Waals surface area (Å²) in [5, 5.41) is 2.27. The lowest BCUT2D eigenvalue weighted by Crippen LogP contribution is -1.99. The molecular formula is C41H29N5. The lowest BCUT2D eigenvalue weighted by atomic mass is 9.94. The summed E-state index contributed by atoms with van der Waals surface area (Å²) < 4.78 is 0. The minimum absolute atomic E-state index is 0.669. The second-order valence-corrected chi connectivity index (χ2v) is 11.5. The minimum Gasteiger partial charge on any atom is -0.248 e. The van der Waals surface area contributed by atoms with E-state index in [1.807, 2.05) is 38.1 Å². The van der Waals surface area contributed by atoms with Crippen LogP contribution in [0, 0.1) is 13.8 Å². The first-order chi connectivity index (χ1) is 22.6. The number of fused-ring (bicyclic) bond motifs is 2. The molecular weight excluding hydrogens is 562 g/mol. The zero-order chi connectivity index (χ0) is 31.0. The summed E-state index contributed by atoms with van der Waals surface area (Å²) in [7, 11) is 0. The van der Waals surface area contributed by atoms with Gasteiger partial charge in [-0.3, -0.25) is 0 Å². The Bertz CT molecular complexity index is 2220. The fourth-order valence-electron chi connectivity index (χ4n) is 5.96. The van der Waals surface area contributed by atoms with Crippen molar-refractivity contribution >= 4 is 21.8 Å². The molecule has 0 aliphatic rings. The van der Waals surface area contributed by atoms with E-state index < -0.39 is 0 Å². The molecule has 0 aliphatic carbocycles. The average molecular weight is 592 g/mol. The molecule has 0 N–H and O–H groups in total. The van der Waals surface area contributed by atoms with Crippen LogP contribution < -0.4 is 0 Å². The molecule has 8 aromatic rings. The van der Waals surface area contributed by atoms with Crippen LogP contribution in [-0.2, 0) is 0 Å². The van der Waals surface area contributed by atoms with Crippen LogP contribution in [0.15, 0.2) is 140 Å². The minimum atomic E-state index is 0.669. The van der Waals surface area contributed by atoms with Gasteiger partial charge in [0, 0.05) is 27.5 Å². The first-order valence-electron chi connectivity index (χ1n) is 15.3. The predicted octanol–water partition coefficient (Wildman–Crippen LogP) is 9.92. The number of aromatic nitrogens is 5. The maximum Gasteiger partial charge on any atom is 0.163 e. The molecule has 0 aliphatic heterocycles. The van der Waals surface area contributed by atoms with Crippen molar-refractivity contribution in [2.24, 2.45) is 0 Å². The molecule has 46 heavy (non-hydrogen) atoms. The summed E-state index contributed by atoms with van der Waals surface area (Å²) in [5.41, 5.74) is 11.4. The maximum absolute atomic E-state index is 4.89. The Morgan fingerprint density at radius 1 is 0.326 bits per heavy atom. The Labute approximate surface area is 267 Å². The molecule has 5 nitrogen and oxygen atoms in total. The summed E-state index contributed by atoms with van der Waals surface area (Å²) in [6.07, 6.45) is 0. The van der Waals surface area contributed by atoms with Gasteiger partial charge in [0.15, 0.2) is 5.82 Å². The lowest BCUT2D eigenvalue weighted by molar-refractivity contribution is 0.928. The van der Waals surface area contributed by atoms with Gasteiger partial charge in [0.1, 0.15) is 11.6 Å². The Balaban J connectivity index is 1.18. The van der Waals surface area contributed by atoms with Crippen LogP contribution in [0.25, 0.3) is 78.0 Å². The monoisotopic (exact) mass is 591 g/mol. The molecule has 0 saturated carbocycles. The van der Waals surface area contributed by atoms with Gasteiger partial charge >= 0.3 is 0 Å². The van der Waals surface area contributed by atoms with Crippen LogP contribution in [0.4, 0.5) is 0 Å². The second-order valence-electron chi connectivity index (χ2n) is 11.5. The van der Waals surface area contributed by atoms with E-state index in [9.17, 15) is 0 Å². The maximum atomic E-state index is 4.89. The van der Waals surface area contributed by atoms with Gasteiger partial charge in [-0.05, 0) is 78.6 Å². The van der Waals surface area contributed by atoms with E-state index in [0.717, 1.165) is 72.1 Å². The molecule has 0 fully saturated rings. The first kappa shape index (κ1) is 27.5. The summed E-state index contributed by atoms with van der Waals surface area (Å²) in [6.45, 7) is 3.81. The van der Waals surface area contributed by atoms with Crippen LogP contribution in [0.1, 0.15) is 11.6 Å². The fourth-order valence-corrected chi connectivity index (χ4v) is 5.96. The lowest BCUT2D eigenvalue weighted by Gasteiger charge is -2.12. The molecule has 0 radical (unpaired) electrons. The van der Waals surface area contributed by atoms with Crippen molar-refractivity contribution in [1.82, 2.24) is 24.9 Å².